The number of carbonyl (C=O) groups is 1. The van der Waals surface area contributed by atoms with Gasteiger partial charge in [0.1, 0.15) is 0 Å². The third-order valence-electron chi connectivity index (χ3n) is 2.04. The second-order valence-electron chi connectivity index (χ2n) is 3.74. The van der Waals surface area contributed by atoms with Crippen LogP contribution in [0, 0.1) is 0 Å². The zero-order valence-electron chi connectivity index (χ0n) is 10.2. The van der Waals surface area contributed by atoms with Gasteiger partial charge in [0.25, 0.3) is 0 Å². The number of alkyl halides is 7. The number of hydrogen-bond donors (Lipinski definition) is 0. The van der Waals surface area contributed by atoms with Gasteiger partial charge in [0.2, 0.25) is 0 Å². The number of hydrogen-bond acceptors (Lipinski definition) is 3. The molecule has 0 bridgehead atoms. The molecule has 0 saturated heterocycles. The molecule has 1 aromatic carbocycles. The fourth-order valence-corrected chi connectivity index (χ4v) is 1.43. The summed E-state index contributed by atoms with van der Waals surface area (Å²) in [6.45, 7) is 1.26. The van der Waals surface area contributed by atoms with Crippen LogP contribution in [0.5, 0.6) is 11.5 Å². The Bertz CT molecular complexity index is 524. The topological polar surface area (TPSA) is 35.5 Å². The molecule has 21 heavy (non-hydrogen) atoms. The molecular formula is C11H7ClF6O3. The third kappa shape index (κ3) is 5.70. The number of ether oxygens (including phenoxy) is 2. The van der Waals surface area contributed by atoms with E-state index in [1.807, 2.05) is 0 Å². The van der Waals surface area contributed by atoms with Gasteiger partial charge >= 0.3 is 12.7 Å². The average Bonchev–Trinajstić information content (AvgIpc) is 2.26. The van der Waals surface area contributed by atoms with Crippen LogP contribution in [-0.4, -0.2) is 23.9 Å². The highest BCUT2D eigenvalue weighted by Crippen LogP contribution is 2.36. The molecule has 0 saturated carbocycles. The molecule has 1 aromatic rings. The number of benzene rings is 1. The Morgan fingerprint density at radius 3 is 1.95 bits per heavy atom. The van der Waals surface area contributed by atoms with Crippen LogP contribution < -0.4 is 9.47 Å². The zero-order valence-corrected chi connectivity index (χ0v) is 10.9. The molecule has 0 amide bonds. The molecule has 0 radical (unpaired) electrons. The van der Waals surface area contributed by atoms with Crippen molar-refractivity contribution in [3.8, 4) is 11.5 Å². The highest BCUT2D eigenvalue weighted by Gasteiger charge is 2.37. The lowest BCUT2D eigenvalue weighted by Gasteiger charge is -2.16. The van der Waals surface area contributed by atoms with Crippen molar-refractivity contribution in [2.24, 2.45) is 0 Å². The third-order valence-corrected chi connectivity index (χ3v) is 2.24. The van der Waals surface area contributed by atoms with Crippen LogP contribution in [0.1, 0.15) is 17.3 Å². The molecule has 0 fully saturated rings. The van der Waals surface area contributed by atoms with Crippen molar-refractivity contribution in [2.75, 3.05) is 0 Å². The van der Waals surface area contributed by atoms with E-state index in [9.17, 15) is 31.1 Å². The van der Waals surface area contributed by atoms with Crippen molar-refractivity contribution < 1.29 is 40.6 Å². The first-order chi connectivity index (χ1) is 9.39. The van der Waals surface area contributed by atoms with Crippen LogP contribution in [0.15, 0.2) is 18.2 Å². The summed E-state index contributed by atoms with van der Waals surface area (Å²) in [6.07, 6.45) is -10.5. The summed E-state index contributed by atoms with van der Waals surface area (Å²) in [5.41, 5.74) is -0.341. The fourth-order valence-electron chi connectivity index (χ4n) is 1.30. The Labute approximate surface area is 119 Å². The van der Waals surface area contributed by atoms with E-state index in [-0.39, 0.29) is 5.56 Å². The Morgan fingerprint density at radius 1 is 1.05 bits per heavy atom. The van der Waals surface area contributed by atoms with Gasteiger partial charge in [-0.2, -0.15) is 0 Å². The Balaban J connectivity index is 3.23. The van der Waals surface area contributed by atoms with Crippen molar-refractivity contribution in [3.63, 3.8) is 0 Å². The van der Waals surface area contributed by atoms with E-state index < -0.39 is 35.4 Å². The monoisotopic (exact) mass is 336 g/mol. The highest BCUT2D eigenvalue weighted by molar-refractivity contribution is 6.33. The Morgan fingerprint density at radius 2 is 1.52 bits per heavy atom. The predicted octanol–water partition coefficient (Wildman–Crippen LogP) is 4.29. The van der Waals surface area contributed by atoms with Crippen LogP contribution in [0.2, 0.25) is 0 Å². The lowest BCUT2D eigenvalue weighted by molar-refractivity contribution is -0.287. The number of carbonyl (C=O) groups excluding carboxylic acids is 1. The van der Waals surface area contributed by atoms with Gasteiger partial charge in [0.05, 0.1) is 5.38 Å². The summed E-state index contributed by atoms with van der Waals surface area (Å²) in [5, 5.41) is -1.07. The van der Waals surface area contributed by atoms with E-state index in [0.717, 1.165) is 6.07 Å². The SMILES string of the molecule is CC(Cl)C(=O)c1ccc(OC(F)(F)F)c(OC(F)(F)F)c1. The molecule has 1 unspecified atom stereocenters. The molecule has 10 heteroatoms. The molecule has 0 N–H and O–H groups in total. The summed E-state index contributed by atoms with van der Waals surface area (Å²) in [5.74, 6) is -3.29. The van der Waals surface area contributed by atoms with Crippen LogP contribution in [0.25, 0.3) is 0 Å². The maximum Gasteiger partial charge on any atom is 0.573 e. The molecule has 0 spiro atoms. The standard InChI is InChI=1S/C11H7ClF6O3/c1-5(12)9(19)6-2-3-7(20-10(13,14)15)8(4-6)21-11(16,17)18/h2-5H,1H3. The van der Waals surface area contributed by atoms with Crippen LogP contribution in [0.3, 0.4) is 0 Å². The predicted molar refractivity (Wildman–Crippen MR) is 59.5 cm³/mol. The van der Waals surface area contributed by atoms with E-state index in [4.69, 9.17) is 11.6 Å². The second kappa shape index (κ2) is 6.00. The summed E-state index contributed by atoms with van der Waals surface area (Å²) >= 11 is 5.47. The molecule has 0 heterocycles. The Hall–Kier alpha value is -1.64. The largest absolute Gasteiger partial charge is 0.573 e. The van der Waals surface area contributed by atoms with Crippen LogP contribution in [-0.2, 0) is 0 Å². The lowest BCUT2D eigenvalue weighted by Crippen LogP contribution is -2.22. The molecular weight excluding hydrogens is 330 g/mol. The molecule has 0 aliphatic carbocycles. The number of rotatable bonds is 4. The first-order valence-electron chi connectivity index (χ1n) is 5.23. The smallest absolute Gasteiger partial charge is 0.402 e. The fraction of sp³-hybridized carbons (Fsp3) is 0.364. The van der Waals surface area contributed by atoms with Crippen LogP contribution >= 0.6 is 11.6 Å². The highest BCUT2D eigenvalue weighted by atomic mass is 35.5. The minimum absolute atomic E-state index is 0.341. The molecule has 3 nitrogen and oxygen atoms in total. The number of ketones is 1. The molecule has 118 valence electrons. The average molecular weight is 337 g/mol. The first-order valence-corrected chi connectivity index (χ1v) is 5.66. The summed E-state index contributed by atoms with van der Waals surface area (Å²) in [7, 11) is 0. The molecule has 1 atom stereocenters. The molecule has 1 rings (SSSR count). The molecule has 0 aromatic heterocycles. The maximum absolute atomic E-state index is 12.2. The molecule has 0 aliphatic heterocycles. The van der Waals surface area contributed by atoms with Gasteiger partial charge in [-0.1, -0.05) is 0 Å². The van der Waals surface area contributed by atoms with Gasteiger partial charge < -0.3 is 9.47 Å². The van der Waals surface area contributed by atoms with Crippen molar-refractivity contribution in [3.05, 3.63) is 23.8 Å². The summed E-state index contributed by atoms with van der Waals surface area (Å²) in [4.78, 5) is 11.5. The second-order valence-corrected chi connectivity index (χ2v) is 4.39. The Kier molecular flexibility index (Phi) is 4.98. The van der Waals surface area contributed by atoms with E-state index >= 15 is 0 Å². The zero-order chi connectivity index (χ0) is 16.4. The van der Waals surface area contributed by atoms with Gasteiger partial charge in [-0.3, -0.25) is 4.79 Å². The van der Waals surface area contributed by atoms with E-state index in [0.29, 0.717) is 12.1 Å². The quantitative estimate of drug-likeness (QED) is 0.467. The van der Waals surface area contributed by atoms with Crippen molar-refractivity contribution in [1.82, 2.24) is 0 Å². The molecule has 0 aliphatic rings. The summed E-state index contributed by atoms with van der Waals surface area (Å²) < 4.78 is 79.6. The minimum atomic E-state index is -5.25. The lowest BCUT2D eigenvalue weighted by atomic mass is 10.1. The van der Waals surface area contributed by atoms with E-state index in [1.54, 1.807) is 0 Å². The number of halogens is 7. The van der Waals surface area contributed by atoms with E-state index in [1.165, 1.54) is 6.92 Å². The van der Waals surface area contributed by atoms with Gasteiger partial charge in [0, 0.05) is 5.56 Å². The van der Waals surface area contributed by atoms with Gasteiger partial charge in [-0.25, -0.2) is 0 Å². The van der Waals surface area contributed by atoms with Crippen molar-refractivity contribution in [1.29, 1.82) is 0 Å². The normalized spacial score (nSPS) is 13.7. The van der Waals surface area contributed by atoms with Gasteiger partial charge in [-0.15, -0.1) is 37.9 Å². The van der Waals surface area contributed by atoms with E-state index in [2.05, 4.69) is 9.47 Å². The van der Waals surface area contributed by atoms with Gasteiger partial charge in [-0.05, 0) is 25.1 Å². The van der Waals surface area contributed by atoms with Gasteiger partial charge in [0.15, 0.2) is 17.3 Å². The maximum atomic E-state index is 12.2. The number of Topliss-reactive ketones (excluding diaryl/α,β-unsaturated/α-hetero) is 1. The van der Waals surface area contributed by atoms with Crippen LogP contribution in [0.4, 0.5) is 26.3 Å². The minimum Gasteiger partial charge on any atom is -0.402 e. The summed E-state index contributed by atoms with van der Waals surface area (Å²) in [6, 6.07) is 1.88. The first kappa shape index (κ1) is 17.4. The van der Waals surface area contributed by atoms with Crippen molar-refractivity contribution in [2.45, 2.75) is 25.0 Å². The van der Waals surface area contributed by atoms with Crippen molar-refractivity contribution >= 4 is 17.4 Å².